The fourth-order valence-corrected chi connectivity index (χ4v) is 2.98. The molecular weight excluding hydrogens is 302 g/mol. The van der Waals surface area contributed by atoms with Crippen molar-refractivity contribution in [2.75, 3.05) is 13.7 Å². The smallest absolute Gasteiger partial charge is 0.305 e. The first-order valence-electron chi connectivity index (χ1n) is 6.09. The van der Waals surface area contributed by atoms with Crippen molar-refractivity contribution in [3.8, 4) is 0 Å². The first kappa shape index (κ1) is 16.9. The second-order valence-corrected chi connectivity index (χ2v) is 6.28. The molecule has 1 unspecified atom stereocenters. The normalized spacial score (nSPS) is 13.8. The van der Waals surface area contributed by atoms with Crippen LogP contribution in [0.3, 0.4) is 0 Å². The van der Waals surface area contributed by atoms with E-state index in [1.165, 1.54) is 18.4 Å². The maximum Gasteiger partial charge on any atom is 0.305 e. The minimum atomic E-state index is -0.977. The van der Waals surface area contributed by atoms with Crippen LogP contribution in [-0.4, -0.2) is 36.2 Å². The standard InChI is InChI=1S/C13H18ClNO4S/c1-13(8-19-2,6-12(17)18)15-11(16)4-3-10-5-9(14)7-20-10/h5,7H,3-4,6,8H2,1-2H3,(H,15,16)(H,17,18). The average Bonchev–Trinajstić information content (AvgIpc) is 2.71. The predicted molar refractivity (Wildman–Crippen MR) is 78.3 cm³/mol. The summed E-state index contributed by atoms with van der Waals surface area (Å²) in [6.45, 7) is 1.81. The number of ether oxygens (including phenoxy) is 1. The van der Waals surface area contributed by atoms with Crippen LogP contribution in [0.25, 0.3) is 0 Å². The molecule has 112 valence electrons. The van der Waals surface area contributed by atoms with Crippen LogP contribution in [-0.2, 0) is 20.7 Å². The Morgan fingerprint density at radius 2 is 2.25 bits per heavy atom. The van der Waals surface area contributed by atoms with Gasteiger partial charge in [0.1, 0.15) is 0 Å². The molecule has 0 aliphatic heterocycles. The quantitative estimate of drug-likeness (QED) is 0.771. The Labute approximate surface area is 126 Å². The zero-order valence-electron chi connectivity index (χ0n) is 11.4. The number of rotatable bonds is 8. The highest BCUT2D eigenvalue weighted by Gasteiger charge is 2.29. The molecule has 0 saturated carbocycles. The van der Waals surface area contributed by atoms with E-state index in [-0.39, 0.29) is 25.4 Å². The minimum absolute atomic E-state index is 0.149. The Morgan fingerprint density at radius 3 is 2.75 bits per heavy atom. The van der Waals surface area contributed by atoms with Crippen LogP contribution in [0.15, 0.2) is 11.4 Å². The van der Waals surface area contributed by atoms with Crippen LogP contribution in [0.4, 0.5) is 0 Å². The lowest BCUT2D eigenvalue weighted by atomic mass is 9.98. The highest BCUT2D eigenvalue weighted by molar-refractivity contribution is 7.10. The molecule has 2 N–H and O–H groups in total. The molecule has 1 amide bonds. The molecule has 0 bridgehead atoms. The van der Waals surface area contributed by atoms with Crippen molar-refractivity contribution in [3.05, 3.63) is 21.3 Å². The molecular formula is C13H18ClNO4S. The third-order valence-electron chi connectivity index (χ3n) is 2.67. The van der Waals surface area contributed by atoms with E-state index >= 15 is 0 Å². The van der Waals surface area contributed by atoms with Crippen LogP contribution in [0.1, 0.15) is 24.6 Å². The molecule has 0 aliphatic rings. The second kappa shape index (κ2) is 7.61. The number of aliphatic carboxylic acids is 1. The molecule has 0 aromatic carbocycles. The molecule has 1 atom stereocenters. The maximum atomic E-state index is 11.9. The number of hydrogen-bond acceptors (Lipinski definition) is 4. The summed E-state index contributed by atoms with van der Waals surface area (Å²) in [5.41, 5.74) is -0.898. The zero-order valence-corrected chi connectivity index (χ0v) is 13.0. The van der Waals surface area contributed by atoms with E-state index in [2.05, 4.69) is 5.32 Å². The number of thiophene rings is 1. The van der Waals surface area contributed by atoms with Gasteiger partial charge in [-0.05, 0) is 19.4 Å². The highest BCUT2D eigenvalue weighted by atomic mass is 35.5. The lowest BCUT2D eigenvalue weighted by Crippen LogP contribution is -2.50. The van der Waals surface area contributed by atoms with Crippen LogP contribution in [0, 0.1) is 0 Å². The first-order valence-corrected chi connectivity index (χ1v) is 7.35. The average molecular weight is 320 g/mol. The number of carboxylic acid groups (broad SMARTS) is 1. The van der Waals surface area contributed by atoms with Gasteiger partial charge in [0.05, 0.1) is 23.6 Å². The Hall–Kier alpha value is -1.11. The van der Waals surface area contributed by atoms with E-state index in [0.29, 0.717) is 11.4 Å². The number of aryl methyl sites for hydroxylation is 1. The van der Waals surface area contributed by atoms with Crippen molar-refractivity contribution in [3.63, 3.8) is 0 Å². The third kappa shape index (κ3) is 5.90. The number of carbonyl (C=O) groups excluding carboxylic acids is 1. The first-order chi connectivity index (χ1) is 9.34. The summed E-state index contributed by atoms with van der Waals surface area (Å²) in [7, 11) is 1.47. The fourth-order valence-electron chi connectivity index (χ4n) is 1.90. The molecule has 1 aromatic rings. The number of methoxy groups -OCH3 is 1. The van der Waals surface area contributed by atoms with Gasteiger partial charge in [0.25, 0.3) is 0 Å². The molecule has 1 heterocycles. The maximum absolute atomic E-state index is 11.9. The van der Waals surface area contributed by atoms with E-state index in [1.807, 2.05) is 11.4 Å². The van der Waals surface area contributed by atoms with Crippen molar-refractivity contribution in [1.29, 1.82) is 0 Å². The molecule has 1 aromatic heterocycles. The molecule has 0 aliphatic carbocycles. The van der Waals surface area contributed by atoms with Crippen molar-refractivity contribution in [2.45, 2.75) is 31.7 Å². The van der Waals surface area contributed by atoms with Gasteiger partial charge >= 0.3 is 5.97 Å². The van der Waals surface area contributed by atoms with Crippen LogP contribution >= 0.6 is 22.9 Å². The fraction of sp³-hybridized carbons (Fsp3) is 0.538. The molecule has 0 fully saturated rings. The summed E-state index contributed by atoms with van der Waals surface area (Å²) in [6.07, 6.45) is 0.687. The van der Waals surface area contributed by atoms with Gasteiger partial charge < -0.3 is 15.2 Å². The topological polar surface area (TPSA) is 75.6 Å². The molecule has 5 nitrogen and oxygen atoms in total. The number of halogens is 1. The predicted octanol–water partition coefficient (Wildman–Crippen LogP) is 2.33. The summed E-state index contributed by atoms with van der Waals surface area (Å²) in [5.74, 6) is -1.18. The molecule has 0 saturated heterocycles. The van der Waals surface area contributed by atoms with Crippen molar-refractivity contribution in [2.24, 2.45) is 0 Å². The van der Waals surface area contributed by atoms with E-state index in [9.17, 15) is 9.59 Å². The van der Waals surface area contributed by atoms with Crippen LogP contribution < -0.4 is 5.32 Å². The van der Waals surface area contributed by atoms with Crippen molar-refractivity contribution >= 4 is 34.8 Å². The number of carbonyl (C=O) groups is 2. The molecule has 1 rings (SSSR count). The van der Waals surface area contributed by atoms with E-state index in [4.69, 9.17) is 21.4 Å². The van der Waals surface area contributed by atoms with Gasteiger partial charge in [-0.2, -0.15) is 0 Å². The minimum Gasteiger partial charge on any atom is -0.481 e. The Kier molecular flexibility index (Phi) is 6.45. The van der Waals surface area contributed by atoms with Crippen molar-refractivity contribution < 1.29 is 19.4 Å². The lowest BCUT2D eigenvalue weighted by molar-refractivity contribution is -0.139. The number of amides is 1. The van der Waals surface area contributed by atoms with Gasteiger partial charge in [-0.25, -0.2) is 0 Å². The summed E-state index contributed by atoms with van der Waals surface area (Å²) >= 11 is 7.31. The van der Waals surface area contributed by atoms with Gasteiger partial charge in [0.15, 0.2) is 0 Å². The van der Waals surface area contributed by atoms with Gasteiger partial charge in [0.2, 0.25) is 5.91 Å². The summed E-state index contributed by atoms with van der Waals surface area (Å²) in [6, 6.07) is 1.82. The number of carboxylic acids is 1. The summed E-state index contributed by atoms with van der Waals surface area (Å²) in [4.78, 5) is 23.8. The summed E-state index contributed by atoms with van der Waals surface area (Å²) < 4.78 is 4.98. The van der Waals surface area contributed by atoms with Gasteiger partial charge in [0, 0.05) is 23.8 Å². The van der Waals surface area contributed by atoms with E-state index in [1.54, 1.807) is 6.92 Å². The largest absolute Gasteiger partial charge is 0.481 e. The Bertz CT molecular complexity index is 477. The van der Waals surface area contributed by atoms with E-state index < -0.39 is 11.5 Å². The SMILES string of the molecule is COCC(C)(CC(=O)O)NC(=O)CCc1cc(Cl)cs1. The molecule has 20 heavy (non-hydrogen) atoms. The molecule has 0 radical (unpaired) electrons. The third-order valence-corrected chi connectivity index (χ3v) is 4.01. The van der Waals surface area contributed by atoms with Crippen molar-refractivity contribution in [1.82, 2.24) is 5.32 Å². The Balaban J connectivity index is 2.51. The lowest BCUT2D eigenvalue weighted by Gasteiger charge is -2.28. The van der Waals surface area contributed by atoms with Gasteiger partial charge in [-0.1, -0.05) is 11.6 Å². The van der Waals surface area contributed by atoms with Gasteiger partial charge in [-0.3, -0.25) is 9.59 Å². The number of hydrogen-bond donors (Lipinski definition) is 2. The molecule has 7 heteroatoms. The van der Waals surface area contributed by atoms with Crippen LogP contribution in [0.2, 0.25) is 5.02 Å². The van der Waals surface area contributed by atoms with E-state index in [0.717, 1.165) is 4.88 Å². The highest BCUT2D eigenvalue weighted by Crippen LogP contribution is 2.20. The van der Waals surface area contributed by atoms with Gasteiger partial charge in [-0.15, -0.1) is 11.3 Å². The monoisotopic (exact) mass is 319 g/mol. The zero-order chi connectivity index (χ0) is 15.2. The molecule has 0 spiro atoms. The second-order valence-electron chi connectivity index (χ2n) is 4.84. The summed E-state index contributed by atoms with van der Waals surface area (Å²) in [5, 5.41) is 14.1. The van der Waals surface area contributed by atoms with Crippen LogP contribution in [0.5, 0.6) is 0 Å². The number of nitrogens with one attached hydrogen (secondary N) is 1. The Morgan fingerprint density at radius 1 is 1.55 bits per heavy atom.